The first kappa shape index (κ1) is 18.3. The predicted octanol–water partition coefficient (Wildman–Crippen LogP) is 4.85. The zero-order valence-corrected chi connectivity index (χ0v) is 13.9. The Morgan fingerprint density at radius 1 is 1.16 bits per heavy atom. The molecule has 1 aliphatic rings. The van der Waals surface area contributed by atoms with Crippen molar-refractivity contribution >= 4 is 6.09 Å². The van der Waals surface area contributed by atoms with Crippen LogP contribution in [0.1, 0.15) is 74.1 Å². The number of likely N-dealkylation sites (tertiary alicyclic amines) is 1. The largest absolute Gasteiger partial charge is 0.446 e. The molecule has 0 aromatic carbocycles. The summed E-state index contributed by atoms with van der Waals surface area (Å²) in [5, 5.41) is 0. The molecule has 0 aromatic heterocycles. The van der Waals surface area contributed by atoms with Gasteiger partial charge in [-0.05, 0) is 46.0 Å². The van der Waals surface area contributed by atoms with E-state index in [-0.39, 0.29) is 12.2 Å². The van der Waals surface area contributed by atoms with Crippen molar-refractivity contribution in [2.45, 2.75) is 92.3 Å². The van der Waals surface area contributed by atoms with E-state index in [0.29, 0.717) is 18.0 Å². The molecule has 3 nitrogen and oxygen atoms in total. The van der Waals surface area contributed by atoms with Crippen molar-refractivity contribution in [1.82, 2.24) is 4.90 Å². The summed E-state index contributed by atoms with van der Waals surface area (Å²) in [6.45, 7) is 14.6. The minimum Gasteiger partial charge on any atom is -0.446 e. The Bertz CT molecular complexity index is 243. The molecule has 0 radical (unpaired) electrons. The van der Waals surface area contributed by atoms with E-state index in [1.165, 1.54) is 12.8 Å². The van der Waals surface area contributed by atoms with Crippen molar-refractivity contribution in [1.29, 1.82) is 0 Å². The number of nitrogens with zero attached hydrogens (tertiary/aromatic N) is 1. The summed E-state index contributed by atoms with van der Waals surface area (Å²) < 4.78 is 5.48. The van der Waals surface area contributed by atoms with E-state index in [1.54, 1.807) is 0 Å². The number of ether oxygens (including phenoxy) is 1. The minimum absolute atomic E-state index is 0.00572. The van der Waals surface area contributed by atoms with Crippen LogP contribution in [0, 0.1) is 5.92 Å². The third-order valence-electron chi connectivity index (χ3n) is 3.63. The maximum atomic E-state index is 12.0. The molecule has 1 unspecified atom stereocenters. The Morgan fingerprint density at radius 3 is 1.95 bits per heavy atom. The second-order valence-electron chi connectivity index (χ2n) is 6.08. The second kappa shape index (κ2) is 9.22. The normalized spacial score (nSPS) is 24.5. The Labute approximate surface area is 119 Å². The third kappa shape index (κ3) is 6.31. The molecule has 0 bridgehead atoms. The number of amides is 1. The first-order valence-corrected chi connectivity index (χ1v) is 7.83. The van der Waals surface area contributed by atoms with Crippen LogP contribution in [0.15, 0.2) is 0 Å². The van der Waals surface area contributed by atoms with Crippen molar-refractivity contribution in [2.75, 3.05) is 0 Å². The number of carbonyl (C=O) groups is 1. The lowest BCUT2D eigenvalue weighted by Gasteiger charge is -2.38. The molecule has 1 rings (SSSR count). The van der Waals surface area contributed by atoms with Gasteiger partial charge in [-0.25, -0.2) is 4.79 Å². The highest BCUT2D eigenvalue weighted by atomic mass is 16.6. The fourth-order valence-corrected chi connectivity index (χ4v) is 2.14. The zero-order chi connectivity index (χ0) is 15.0. The summed E-state index contributed by atoms with van der Waals surface area (Å²) in [5.41, 5.74) is 0. The molecular weight excluding hydrogens is 238 g/mol. The van der Waals surface area contributed by atoms with Crippen LogP contribution in [0.3, 0.4) is 0 Å². The number of piperidine rings is 1. The molecule has 19 heavy (non-hydrogen) atoms. The second-order valence-corrected chi connectivity index (χ2v) is 6.08. The van der Waals surface area contributed by atoms with Crippen LogP contribution in [0.5, 0.6) is 0 Å². The molecule has 1 aliphatic heterocycles. The van der Waals surface area contributed by atoms with Crippen LogP contribution in [0.25, 0.3) is 0 Å². The first-order valence-electron chi connectivity index (χ1n) is 7.83. The van der Waals surface area contributed by atoms with E-state index >= 15 is 0 Å². The van der Waals surface area contributed by atoms with E-state index in [1.807, 2.05) is 11.8 Å². The topological polar surface area (TPSA) is 29.5 Å². The third-order valence-corrected chi connectivity index (χ3v) is 3.63. The number of carbonyl (C=O) groups excluding carboxylic acids is 1. The van der Waals surface area contributed by atoms with Crippen LogP contribution < -0.4 is 0 Å². The Morgan fingerprint density at radius 2 is 1.58 bits per heavy atom. The van der Waals surface area contributed by atoms with Crippen molar-refractivity contribution < 1.29 is 9.53 Å². The fourth-order valence-electron chi connectivity index (χ4n) is 2.14. The van der Waals surface area contributed by atoms with Gasteiger partial charge < -0.3 is 9.64 Å². The lowest BCUT2D eigenvalue weighted by atomic mass is 9.98. The van der Waals surface area contributed by atoms with Crippen molar-refractivity contribution in [3.8, 4) is 0 Å². The smallest absolute Gasteiger partial charge is 0.410 e. The molecule has 1 amide bonds. The Balaban J connectivity index is 0.000000982. The highest BCUT2D eigenvalue weighted by molar-refractivity contribution is 5.68. The van der Waals surface area contributed by atoms with E-state index < -0.39 is 0 Å². The van der Waals surface area contributed by atoms with Crippen molar-refractivity contribution in [3.63, 3.8) is 0 Å². The molecule has 0 aromatic rings. The van der Waals surface area contributed by atoms with Crippen LogP contribution in [-0.4, -0.2) is 29.2 Å². The van der Waals surface area contributed by atoms with Gasteiger partial charge in [0, 0.05) is 12.1 Å². The standard InChI is InChI=1S/C13H25NO2.C3H8/c1-9(2)12(5)16-13(15)14-10(3)7-6-8-11(14)4;1-3-2/h9-12H,6-8H2,1-5H3;3H2,1-2H3/t10-,11+,12?;. The molecule has 3 heteroatoms. The van der Waals surface area contributed by atoms with Crippen LogP contribution in [0.4, 0.5) is 4.79 Å². The lowest BCUT2D eigenvalue weighted by molar-refractivity contribution is 0.0202. The van der Waals surface area contributed by atoms with Crippen LogP contribution >= 0.6 is 0 Å². The van der Waals surface area contributed by atoms with Gasteiger partial charge >= 0.3 is 6.09 Å². The zero-order valence-electron chi connectivity index (χ0n) is 13.9. The van der Waals surface area contributed by atoms with Gasteiger partial charge in [-0.15, -0.1) is 0 Å². The van der Waals surface area contributed by atoms with E-state index in [0.717, 1.165) is 12.8 Å². The lowest BCUT2D eigenvalue weighted by Crippen LogP contribution is -2.48. The average Bonchev–Trinajstić information content (AvgIpc) is 2.29. The molecule has 0 spiro atoms. The summed E-state index contributed by atoms with van der Waals surface area (Å²) in [4.78, 5) is 13.9. The molecule has 0 aliphatic carbocycles. The Kier molecular flexibility index (Phi) is 8.86. The maximum Gasteiger partial charge on any atom is 0.410 e. The molecule has 1 heterocycles. The minimum atomic E-state index is -0.138. The van der Waals surface area contributed by atoms with Crippen LogP contribution in [-0.2, 0) is 4.74 Å². The van der Waals surface area contributed by atoms with Gasteiger partial charge in [0.2, 0.25) is 0 Å². The molecular formula is C16H33NO2. The van der Waals surface area contributed by atoms with Gasteiger partial charge in [-0.2, -0.15) is 0 Å². The van der Waals surface area contributed by atoms with E-state index in [4.69, 9.17) is 4.74 Å². The molecule has 3 atom stereocenters. The highest BCUT2D eigenvalue weighted by Crippen LogP contribution is 2.24. The van der Waals surface area contributed by atoms with Gasteiger partial charge in [-0.1, -0.05) is 34.1 Å². The monoisotopic (exact) mass is 271 g/mol. The van der Waals surface area contributed by atoms with Gasteiger partial charge in [0.1, 0.15) is 6.10 Å². The summed E-state index contributed by atoms with van der Waals surface area (Å²) in [6, 6.07) is 0.631. The number of rotatable bonds is 2. The Hall–Kier alpha value is -0.730. The number of hydrogen-bond acceptors (Lipinski definition) is 2. The summed E-state index contributed by atoms with van der Waals surface area (Å²) in [5.74, 6) is 0.374. The maximum absolute atomic E-state index is 12.0. The quantitative estimate of drug-likeness (QED) is 0.718. The van der Waals surface area contributed by atoms with Gasteiger partial charge in [-0.3, -0.25) is 0 Å². The predicted molar refractivity (Wildman–Crippen MR) is 81.4 cm³/mol. The van der Waals surface area contributed by atoms with Crippen LogP contribution in [0.2, 0.25) is 0 Å². The molecule has 0 N–H and O–H groups in total. The number of hydrogen-bond donors (Lipinski definition) is 0. The summed E-state index contributed by atoms with van der Waals surface area (Å²) in [6.07, 6.45) is 4.51. The molecule has 1 saturated heterocycles. The summed E-state index contributed by atoms with van der Waals surface area (Å²) >= 11 is 0. The van der Waals surface area contributed by atoms with Crippen molar-refractivity contribution in [3.05, 3.63) is 0 Å². The highest BCUT2D eigenvalue weighted by Gasteiger charge is 2.31. The first-order chi connectivity index (χ1) is 8.84. The summed E-state index contributed by atoms with van der Waals surface area (Å²) in [7, 11) is 0. The van der Waals surface area contributed by atoms with Gasteiger partial charge in [0.15, 0.2) is 0 Å². The SMILES string of the molecule is CC(C)C(C)OC(=O)N1[C@H](C)CCC[C@@H]1C.CCC. The van der Waals surface area contributed by atoms with Gasteiger partial charge in [0.25, 0.3) is 0 Å². The molecule has 0 saturated carbocycles. The average molecular weight is 271 g/mol. The van der Waals surface area contributed by atoms with Gasteiger partial charge in [0.05, 0.1) is 0 Å². The fraction of sp³-hybridized carbons (Fsp3) is 0.938. The van der Waals surface area contributed by atoms with Crippen molar-refractivity contribution in [2.24, 2.45) is 5.92 Å². The van der Waals surface area contributed by atoms with E-state index in [9.17, 15) is 4.79 Å². The van der Waals surface area contributed by atoms with E-state index in [2.05, 4.69) is 41.5 Å². The molecule has 1 fully saturated rings. The molecule has 114 valence electrons.